The zero-order valence-corrected chi connectivity index (χ0v) is 10.7. The van der Waals surface area contributed by atoms with Crippen LogP contribution in [0.25, 0.3) is 0 Å². The molecule has 1 rings (SSSR count). The van der Waals surface area contributed by atoms with Gasteiger partial charge in [-0.3, -0.25) is 4.79 Å². The van der Waals surface area contributed by atoms with Crippen molar-refractivity contribution >= 4 is 15.9 Å². The summed E-state index contributed by atoms with van der Waals surface area (Å²) in [5.41, 5.74) is 0. The first-order valence-electron chi connectivity index (χ1n) is 5.24. The first-order valence-corrected chi connectivity index (χ1v) is 6.85. The van der Waals surface area contributed by atoms with Crippen molar-refractivity contribution in [1.29, 1.82) is 0 Å². The van der Waals surface area contributed by atoms with Crippen molar-refractivity contribution in [3.05, 3.63) is 0 Å². The number of hydrogen-bond acceptors (Lipinski definition) is 4. The lowest BCUT2D eigenvalue weighted by molar-refractivity contribution is -0.129. The van der Waals surface area contributed by atoms with Crippen LogP contribution in [0.3, 0.4) is 0 Å². The maximum atomic E-state index is 11.7. The maximum Gasteiger partial charge on any atom is 0.239 e. The van der Waals surface area contributed by atoms with E-state index in [-0.39, 0.29) is 24.2 Å². The number of nitrogens with one attached hydrogen (secondary N) is 1. The molecule has 1 aliphatic heterocycles. The van der Waals surface area contributed by atoms with Crippen molar-refractivity contribution in [2.75, 3.05) is 40.0 Å². The van der Waals surface area contributed by atoms with E-state index in [4.69, 9.17) is 0 Å². The Labute approximate surface area is 96.6 Å². The molecule has 6 nitrogen and oxygen atoms in total. The highest BCUT2D eigenvalue weighted by atomic mass is 32.2. The van der Waals surface area contributed by atoms with Crippen molar-refractivity contribution in [1.82, 2.24) is 14.5 Å². The molecule has 1 fully saturated rings. The van der Waals surface area contributed by atoms with Crippen molar-refractivity contribution in [2.24, 2.45) is 0 Å². The summed E-state index contributed by atoms with van der Waals surface area (Å²) < 4.78 is 24.2. The van der Waals surface area contributed by atoms with Crippen molar-refractivity contribution in [3.63, 3.8) is 0 Å². The van der Waals surface area contributed by atoms with E-state index in [0.717, 1.165) is 6.42 Å². The van der Waals surface area contributed by atoms with Gasteiger partial charge in [-0.1, -0.05) is 0 Å². The van der Waals surface area contributed by atoms with Gasteiger partial charge in [0.2, 0.25) is 15.9 Å². The van der Waals surface area contributed by atoms with Crippen molar-refractivity contribution in [2.45, 2.75) is 12.5 Å². The van der Waals surface area contributed by atoms with Crippen LogP contribution in [-0.2, 0) is 14.8 Å². The largest absolute Gasteiger partial charge is 0.340 e. The minimum atomic E-state index is -3.21. The number of sulfonamides is 1. The molecule has 0 aromatic carbocycles. The smallest absolute Gasteiger partial charge is 0.239 e. The van der Waals surface area contributed by atoms with Crippen LogP contribution in [0.4, 0.5) is 0 Å². The number of amides is 1. The van der Waals surface area contributed by atoms with Gasteiger partial charge in [-0.15, -0.1) is 0 Å². The van der Waals surface area contributed by atoms with Crippen LogP contribution < -0.4 is 5.32 Å². The molecule has 0 bridgehead atoms. The second kappa shape index (κ2) is 5.11. The number of carbonyl (C=O) groups is 1. The van der Waals surface area contributed by atoms with Crippen molar-refractivity contribution in [3.8, 4) is 0 Å². The minimum Gasteiger partial charge on any atom is -0.340 e. The second-order valence-electron chi connectivity index (χ2n) is 4.05. The van der Waals surface area contributed by atoms with Gasteiger partial charge in [-0.2, -0.15) is 0 Å². The van der Waals surface area contributed by atoms with Gasteiger partial charge in [0.1, 0.15) is 0 Å². The highest BCUT2D eigenvalue weighted by Crippen LogP contribution is 2.10. The third-order valence-electron chi connectivity index (χ3n) is 2.82. The summed E-state index contributed by atoms with van der Waals surface area (Å²) in [6, 6.07) is -0.151. The average Bonchev–Trinajstić information content (AvgIpc) is 2.56. The van der Waals surface area contributed by atoms with Crippen LogP contribution in [-0.4, -0.2) is 69.6 Å². The topological polar surface area (TPSA) is 69.7 Å². The normalized spacial score (nSPS) is 22.1. The third-order valence-corrected chi connectivity index (χ3v) is 4.63. The Hall–Kier alpha value is -0.660. The van der Waals surface area contributed by atoms with E-state index in [1.165, 1.54) is 18.4 Å². The Morgan fingerprint density at radius 2 is 2.12 bits per heavy atom. The monoisotopic (exact) mass is 249 g/mol. The fourth-order valence-electron chi connectivity index (χ4n) is 1.64. The van der Waals surface area contributed by atoms with Gasteiger partial charge in [0.05, 0.1) is 11.8 Å². The number of hydrogen-bond donors (Lipinski definition) is 1. The van der Waals surface area contributed by atoms with Gasteiger partial charge < -0.3 is 10.2 Å². The van der Waals surface area contributed by atoms with Crippen molar-refractivity contribution < 1.29 is 13.2 Å². The van der Waals surface area contributed by atoms with Crippen LogP contribution >= 0.6 is 0 Å². The molecular weight excluding hydrogens is 230 g/mol. The number of nitrogens with zero attached hydrogens (tertiary/aromatic N) is 2. The molecule has 0 radical (unpaired) electrons. The van der Waals surface area contributed by atoms with E-state index in [1.807, 2.05) is 0 Å². The summed E-state index contributed by atoms with van der Waals surface area (Å²) in [6.45, 7) is 0.908. The Bertz CT molecular complexity index is 353. The summed E-state index contributed by atoms with van der Waals surface area (Å²) in [4.78, 5) is 13.3. The summed E-state index contributed by atoms with van der Waals surface area (Å²) in [5, 5.41) is 2.91. The van der Waals surface area contributed by atoms with Crippen LogP contribution in [0.1, 0.15) is 6.42 Å². The molecule has 0 aromatic heterocycles. The molecule has 1 amide bonds. The molecule has 94 valence electrons. The third kappa shape index (κ3) is 2.93. The molecule has 0 saturated carbocycles. The van der Waals surface area contributed by atoms with E-state index in [9.17, 15) is 13.2 Å². The second-order valence-corrected chi connectivity index (χ2v) is 6.36. The Morgan fingerprint density at radius 1 is 1.50 bits per heavy atom. The van der Waals surface area contributed by atoms with E-state index in [2.05, 4.69) is 5.32 Å². The Balaban J connectivity index is 2.49. The summed E-state index contributed by atoms with van der Waals surface area (Å²) in [5.74, 6) is -0.0150. The standard InChI is InChI=1S/C9H19N3O3S/c1-10-8-4-5-12(9(8)13)6-7-16(14,15)11(2)3/h8,10H,4-7H2,1-3H3. The van der Waals surface area contributed by atoms with Crippen LogP contribution in [0.2, 0.25) is 0 Å². The quantitative estimate of drug-likeness (QED) is 0.657. The SMILES string of the molecule is CNC1CCN(CCS(=O)(=O)N(C)C)C1=O. The Morgan fingerprint density at radius 3 is 2.56 bits per heavy atom. The first-order chi connectivity index (χ1) is 7.38. The predicted octanol–water partition coefficient (Wildman–Crippen LogP) is -1.30. The van der Waals surface area contributed by atoms with E-state index in [1.54, 1.807) is 11.9 Å². The molecule has 1 N–H and O–H groups in total. The van der Waals surface area contributed by atoms with Gasteiger partial charge >= 0.3 is 0 Å². The highest BCUT2D eigenvalue weighted by molar-refractivity contribution is 7.89. The molecule has 1 unspecified atom stereocenters. The number of likely N-dealkylation sites (N-methyl/N-ethyl adjacent to an activating group) is 1. The van der Waals surface area contributed by atoms with Gasteiger partial charge in [-0.05, 0) is 13.5 Å². The number of carbonyl (C=O) groups excluding carboxylic acids is 1. The fraction of sp³-hybridized carbons (Fsp3) is 0.889. The predicted molar refractivity (Wildman–Crippen MR) is 61.5 cm³/mol. The first kappa shape index (κ1) is 13.4. The molecule has 16 heavy (non-hydrogen) atoms. The molecular formula is C9H19N3O3S. The zero-order valence-electron chi connectivity index (χ0n) is 9.93. The molecule has 1 heterocycles. The van der Waals surface area contributed by atoms with Gasteiger partial charge in [0.25, 0.3) is 0 Å². The van der Waals surface area contributed by atoms with Crippen LogP contribution in [0, 0.1) is 0 Å². The molecule has 1 atom stereocenters. The van der Waals surface area contributed by atoms with Gasteiger partial charge in [0.15, 0.2) is 0 Å². The summed E-state index contributed by atoms with van der Waals surface area (Å²) >= 11 is 0. The zero-order chi connectivity index (χ0) is 12.3. The number of rotatable bonds is 5. The highest BCUT2D eigenvalue weighted by Gasteiger charge is 2.30. The molecule has 0 aromatic rings. The van der Waals surface area contributed by atoms with Gasteiger partial charge in [0, 0.05) is 27.2 Å². The minimum absolute atomic E-state index is 0.00328. The lowest BCUT2D eigenvalue weighted by atomic mass is 10.3. The van der Waals surface area contributed by atoms with Crippen LogP contribution in [0.15, 0.2) is 0 Å². The summed E-state index contributed by atoms with van der Waals surface area (Å²) in [6.07, 6.45) is 0.747. The lowest BCUT2D eigenvalue weighted by Crippen LogP contribution is -2.39. The van der Waals surface area contributed by atoms with Crippen LogP contribution in [0.5, 0.6) is 0 Å². The fourth-order valence-corrected chi connectivity index (χ4v) is 2.45. The lowest BCUT2D eigenvalue weighted by Gasteiger charge is -2.18. The number of likely N-dealkylation sites (tertiary alicyclic amines) is 1. The molecule has 1 aliphatic rings. The van der Waals surface area contributed by atoms with E-state index < -0.39 is 10.0 Å². The average molecular weight is 249 g/mol. The van der Waals surface area contributed by atoms with Gasteiger partial charge in [-0.25, -0.2) is 12.7 Å². The summed E-state index contributed by atoms with van der Waals surface area (Å²) in [7, 11) is 1.52. The molecule has 0 spiro atoms. The van der Waals surface area contributed by atoms with E-state index >= 15 is 0 Å². The maximum absolute atomic E-state index is 11.7. The molecule has 7 heteroatoms. The molecule has 0 aliphatic carbocycles. The molecule has 1 saturated heterocycles. The Kier molecular flexibility index (Phi) is 4.28. The van der Waals surface area contributed by atoms with E-state index in [0.29, 0.717) is 6.54 Å².